The van der Waals surface area contributed by atoms with E-state index in [0.29, 0.717) is 6.54 Å². The van der Waals surface area contributed by atoms with E-state index < -0.39 is 5.91 Å². The topological polar surface area (TPSA) is 92.1 Å². The van der Waals surface area contributed by atoms with Gasteiger partial charge in [0.25, 0.3) is 11.8 Å². The lowest BCUT2D eigenvalue weighted by Gasteiger charge is -2.34. The van der Waals surface area contributed by atoms with Gasteiger partial charge in [-0.25, -0.2) is 0 Å². The smallest absolute Gasteiger partial charge is 0.269 e. The van der Waals surface area contributed by atoms with Gasteiger partial charge in [0, 0.05) is 11.2 Å². The highest BCUT2D eigenvalue weighted by Gasteiger charge is 2.31. The number of carbonyl (C=O) groups is 2. The number of hydrogen-bond acceptors (Lipinski definition) is 4. The molecule has 2 aromatic heterocycles. The van der Waals surface area contributed by atoms with E-state index in [1.807, 2.05) is 35.2 Å². The molecule has 1 saturated heterocycles. The minimum Gasteiger partial charge on any atom is -0.364 e. The Labute approximate surface area is 148 Å². The molecular formula is C18H18N4O2S. The first-order chi connectivity index (χ1) is 12.1. The summed E-state index contributed by atoms with van der Waals surface area (Å²) in [5, 5.41) is 7.92. The van der Waals surface area contributed by atoms with Gasteiger partial charge in [0.05, 0.1) is 16.6 Å². The fourth-order valence-electron chi connectivity index (χ4n) is 3.36. The average molecular weight is 354 g/mol. The van der Waals surface area contributed by atoms with Crippen LogP contribution in [0.5, 0.6) is 0 Å². The van der Waals surface area contributed by atoms with Crippen LogP contribution >= 0.6 is 11.3 Å². The number of fused-ring (bicyclic) bond motifs is 1. The van der Waals surface area contributed by atoms with Crippen LogP contribution in [0.15, 0.2) is 36.4 Å². The number of H-pyrrole nitrogens is 1. The van der Waals surface area contributed by atoms with Crippen molar-refractivity contribution >= 4 is 33.2 Å². The van der Waals surface area contributed by atoms with Gasteiger partial charge in [-0.1, -0.05) is 18.2 Å². The zero-order valence-corrected chi connectivity index (χ0v) is 14.4. The molecular weight excluding hydrogens is 336 g/mol. The zero-order valence-electron chi connectivity index (χ0n) is 13.6. The Morgan fingerprint density at radius 3 is 2.84 bits per heavy atom. The van der Waals surface area contributed by atoms with Crippen molar-refractivity contribution in [3.05, 3.63) is 52.7 Å². The van der Waals surface area contributed by atoms with E-state index in [2.05, 4.69) is 10.2 Å². The van der Waals surface area contributed by atoms with Gasteiger partial charge in [-0.15, -0.1) is 11.3 Å². The van der Waals surface area contributed by atoms with Gasteiger partial charge < -0.3 is 10.6 Å². The Hall–Kier alpha value is -2.67. The lowest BCUT2D eigenvalue weighted by atomic mass is 9.98. The molecule has 25 heavy (non-hydrogen) atoms. The van der Waals surface area contributed by atoms with Crippen LogP contribution in [0.2, 0.25) is 0 Å². The molecule has 0 unspecified atom stereocenters. The summed E-state index contributed by atoms with van der Waals surface area (Å²) in [6.07, 6.45) is 2.85. The summed E-state index contributed by atoms with van der Waals surface area (Å²) in [5.74, 6) is -0.540. The number of aromatic nitrogens is 2. The maximum atomic E-state index is 13.1. The summed E-state index contributed by atoms with van der Waals surface area (Å²) in [4.78, 5) is 27.0. The predicted octanol–water partition coefficient (Wildman–Crippen LogP) is 3.09. The van der Waals surface area contributed by atoms with Crippen LogP contribution in [0.1, 0.15) is 51.2 Å². The van der Waals surface area contributed by atoms with Crippen molar-refractivity contribution in [3.63, 3.8) is 0 Å². The number of aromatic amines is 1. The van der Waals surface area contributed by atoms with Gasteiger partial charge in [0.15, 0.2) is 0 Å². The van der Waals surface area contributed by atoms with E-state index in [0.717, 1.165) is 39.9 Å². The van der Waals surface area contributed by atoms with Crippen LogP contribution in [-0.2, 0) is 0 Å². The summed E-state index contributed by atoms with van der Waals surface area (Å²) >= 11 is 1.52. The van der Waals surface area contributed by atoms with Crippen LogP contribution < -0.4 is 5.73 Å². The predicted molar refractivity (Wildman–Crippen MR) is 96.6 cm³/mol. The van der Waals surface area contributed by atoms with Crippen LogP contribution in [0.4, 0.5) is 0 Å². The highest BCUT2D eigenvalue weighted by molar-refractivity contribution is 7.20. The lowest BCUT2D eigenvalue weighted by Crippen LogP contribution is -2.38. The second-order valence-corrected chi connectivity index (χ2v) is 7.32. The zero-order chi connectivity index (χ0) is 17.4. The van der Waals surface area contributed by atoms with Crippen molar-refractivity contribution in [1.29, 1.82) is 0 Å². The number of primary amides is 1. The molecule has 0 aliphatic carbocycles. The number of rotatable bonds is 3. The van der Waals surface area contributed by atoms with Gasteiger partial charge in [-0.3, -0.25) is 14.7 Å². The Bertz CT molecular complexity index is 912. The third-order valence-electron chi connectivity index (χ3n) is 4.61. The second kappa shape index (κ2) is 6.33. The highest BCUT2D eigenvalue weighted by Crippen LogP contribution is 2.34. The highest BCUT2D eigenvalue weighted by atomic mass is 32.1. The number of amides is 2. The van der Waals surface area contributed by atoms with Crippen LogP contribution in [0, 0.1) is 0 Å². The minimum absolute atomic E-state index is 0.0288. The maximum Gasteiger partial charge on any atom is 0.269 e. The number of thiophene rings is 1. The number of nitrogens with one attached hydrogen (secondary N) is 1. The molecule has 1 aromatic carbocycles. The number of benzene rings is 1. The Morgan fingerprint density at radius 1 is 1.24 bits per heavy atom. The van der Waals surface area contributed by atoms with Crippen LogP contribution in [0.3, 0.4) is 0 Å². The van der Waals surface area contributed by atoms with E-state index in [9.17, 15) is 9.59 Å². The molecule has 0 spiro atoms. The SMILES string of the molecule is NC(=O)c1cc([C@@H]2CCCCN2C(=O)c2cc3ccccc3s2)[nH]n1. The van der Waals surface area contributed by atoms with Crippen molar-refractivity contribution in [3.8, 4) is 0 Å². The average Bonchev–Trinajstić information content (AvgIpc) is 3.28. The first kappa shape index (κ1) is 15.8. The second-order valence-electron chi connectivity index (χ2n) is 6.23. The molecule has 1 atom stereocenters. The van der Waals surface area contributed by atoms with E-state index in [-0.39, 0.29) is 17.6 Å². The molecule has 7 heteroatoms. The molecule has 2 amide bonds. The number of piperidine rings is 1. The minimum atomic E-state index is -0.569. The van der Waals surface area contributed by atoms with Crippen molar-refractivity contribution < 1.29 is 9.59 Å². The normalized spacial score (nSPS) is 17.8. The van der Waals surface area contributed by atoms with Crippen LogP contribution in [-0.4, -0.2) is 33.5 Å². The molecule has 3 N–H and O–H groups in total. The Kier molecular flexibility index (Phi) is 4.01. The van der Waals surface area contributed by atoms with E-state index in [4.69, 9.17) is 5.73 Å². The fraction of sp³-hybridized carbons (Fsp3) is 0.278. The molecule has 0 bridgehead atoms. The molecule has 0 saturated carbocycles. The number of nitrogens with zero attached hydrogens (tertiary/aromatic N) is 2. The molecule has 0 radical (unpaired) electrons. The number of likely N-dealkylation sites (tertiary alicyclic amines) is 1. The largest absolute Gasteiger partial charge is 0.364 e. The van der Waals surface area contributed by atoms with E-state index in [1.165, 1.54) is 11.3 Å². The molecule has 3 aromatic rings. The van der Waals surface area contributed by atoms with Crippen molar-refractivity contribution in [2.24, 2.45) is 5.73 Å². The number of hydrogen-bond donors (Lipinski definition) is 2. The standard InChI is InChI=1S/C18H18N4O2S/c19-17(23)13-10-12(20-21-13)14-6-3-4-8-22(14)18(24)16-9-11-5-1-2-7-15(11)25-16/h1-2,5,7,9-10,14H,3-4,6,8H2,(H2,19,23)(H,20,21)/t14-/m0/s1. The molecule has 1 aliphatic heterocycles. The molecule has 1 aliphatic rings. The van der Waals surface area contributed by atoms with Gasteiger partial charge in [0.1, 0.15) is 5.69 Å². The summed E-state index contributed by atoms with van der Waals surface area (Å²) in [7, 11) is 0. The van der Waals surface area contributed by atoms with Crippen molar-refractivity contribution in [1.82, 2.24) is 15.1 Å². The summed E-state index contributed by atoms with van der Waals surface area (Å²) < 4.78 is 1.11. The first-order valence-electron chi connectivity index (χ1n) is 8.28. The van der Waals surface area contributed by atoms with Gasteiger partial charge in [-0.2, -0.15) is 5.10 Å². The number of carbonyl (C=O) groups excluding carboxylic acids is 2. The van der Waals surface area contributed by atoms with Crippen molar-refractivity contribution in [2.75, 3.05) is 6.54 Å². The molecule has 4 rings (SSSR count). The third-order valence-corrected chi connectivity index (χ3v) is 5.71. The van der Waals surface area contributed by atoms with E-state index >= 15 is 0 Å². The summed E-state index contributed by atoms with van der Waals surface area (Å²) in [6.45, 7) is 0.697. The van der Waals surface area contributed by atoms with Gasteiger partial charge >= 0.3 is 0 Å². The fourth-order valence-corrected chi connectivity index (χ4v) is 4.38. The van der Waals surface area contributed by atoms with Crippen molar-refractivity contribution in [2.45, 2.75) is 25.3 Å². The van der Waals surface area contributed by atoms with Gasteiger partial charge in [0.2, 0.25) is 0 Å². The monoisotopic (exact) mass is 354 g/mol. The Balaban J connectivity index is 1.65. The van der Waals surface area contributed by atoms with Crippen LogP contribution in [0.25, 0.3) is 10.1 Å². The Morgan fingerprint density at radius 2 is 2.08 bits per heavy atom. The molecule has 128 valence electrons. The lowest BCUT2D eigenvalue weighted by molar-refractivity contribution is 0.0611. The maximum absolute atomic E-state index is 13.1. The van der Waals surface area contributed by atoms with Gasteiger partial charge in [-0.05, 0) is 42.8 Å². The number of nitrogens with two attached hydrogens (primary N) is 1. The summed E-state index contributed by atoms with van der Waals surface area (Å²) in [5.41, 5.74) is 6.26. The first-order valence-corrected chi connectivity index (χ1v) is 9.10. The molecule has 3 heterocycles. The molecule has 1 fully saturated rings. The van der Waals surface area contributed by atoms with E-state index in [1.54, 1.807) is 6.07 Å². The summed E-state index contributed by atoms with van der Waals surface area (Å²) in [6, 6.07) is 11.5. The quantitative estimate of drug-likeness (QED) is 0.757. The molecule has 6 nitrogen and oxygen atoms in total. The third kappa shape index (κ3) is 2.91.